The number of hydrogen-bond donors (Lipinski definition) is 1. The first-order chi connectivity index (χ1) is 9.49. The Labute approximate surface area is 127 Å². The summed E-state index contributed by atoms with van der Waals surface area (Å²) in [7, 11) is 0. The molecule has 0 radical (unpaired) electrons. The number of halogens is 3. The molecule has 0 saturated carbocycles. The van der Waals surface area contributed by atoms with E-state index in [1.807, 2.05) is 6.92 Å². The predicted octanol–water partition coefficient (Wildman–Crippen LogP) is 4.73. The molecule has 0 amide bonds. The largest absolute Gasteiger partial charge is 0.489 e. The van der Waals surface area contributed by atoms with Crippen molar-refractivity contribution in [2.45, 2.75) is 19.6 Å². The Balaban J connectivity index is 2.21. The zero-order chi connectivity index (χ0) is 14.7. The first-order valence-corrected chi connectivity index (χ1v) is 6.85. The first-order valence-electron chi connectivity index (χ1n) is 6.09. The Hall–Kier alpha value is -1.29. The van der Waals surface area contributed by atoms with Crippen molar-refractivity contribution in [1.82, 2.24) is 0 Å². The predicted molar refractivity (Wildman–Crippen MR) is 79.8 cm³/mol. The normalized spacial score (nSPS) is 12.2. The fourth-order valence-corrected chi connectivity index (χ4v) is 2.18. The lowest BCUT2D eigenvalue weighted by molar-refractivity contribution is 0.301. The summed E-state index contributed by atoms with van der Waals surface area (Å²) in [5.41, 5.74) is 7.26. The maximum absolute atomic E-state index is 13.3. The molecule has 0 spiro atoms. The summed E-state index contributed by atoms with van der Waals surface area (Å²) in [5.74, 6) is 0.154. The van der Waals surface area contributed by atoms with Crippen LogP contribution < -0.4 is 10.5 Å². The Bertz CT molecular complexity index is 617. The second-order valence-corrected chi connectivity index (χ2v) is 5.29. The van der Waals surface area contributed by atoms with Gasteiger partial charge in [0.25, 0.3) is 0 Å². The van der Waals surface area contributed by atoms with Gasteiger partial charge in [0.05, 0.1) is 5.02 Å². The SMILES string of the molecule is CC(N)c1cc(Cl)ccc1OCc1cccc(F)c1Cl. The van der Waals surface area contributed by atoms with Crippen molar-refractivity contribution >= 4 is 23.2 Å². The summed E-state index contributed by atoms with van der Waals surface area (Å²) in [5, 5.41) is 0.664. The van der Waals surface area contributed by atoms with Crippen molar-refractivity contribution in [3.05, 3.63) is 63.4 Å². The van der Waals surface area contributed by atoms with Crippen molar-refractivity contribution in [3.63, 3.8) is 0 Å². The number of ether oxygens (including phenoxy) is 1. The molecular weight excluding hydrogens is 300 g/mol. The monoisotopic (exact) mass is 313 g/mol. The van der Waals surface area contributed by atoms with E-state index >= 15 is 0 Å². The second kappa shape index (κ2) is 6.44. The number of benzene rings is 2. The minimum Gasteiger partial charge on any atom is -0.489 e. The van der Waals surface area contributed by atoms with Gasteiger partial charge in [0.2, 0.25) is 0 Å². The van der Waals surface area contributed by atoms with E-state index in [9.17, 15) is 4.39 Å². The summed E-state index contributed by atoms with van der Waals surface area (Å²) < 4.78 is 19.0. The van der Waals surface area contributed by atoms with Gasteiger partial charge in [-0.05, 0) is 31.2 Å². The lowest BCUT2D eigenvalue weighted by Crippen LogP contribution is -2.08. The van der Waals surface area contributed by atoms with E-state index in [0.29, 0.717) is 16.3 Å². The number of hydrogen-bond acceptors (Lipinski definition) is 2. The van der Waals surface area contributed by atoms with E-state index in [1.54, 1.807) is 30.3 Å². The van der Waals surface area contributed by atoms with Crippen molar-refractivity contribution in [3.8, 4) is 5.75 Å². The van der Waals surface area contributed by atoms with Gasteiger partial charge < -0.3 is 10.5 Å². The molecule has 0 saturated heterocycles. The molecular formula is C15H14Cl2FNO. The van der Waals surface area contributed by atoms with Gasteiger partial charge in [-0.3, -0.25) is 0 Å². The van der Waals surface area contributed by atoms with Gasteiger partial charge in [-0.1, -0.05) is 35.3 Å². The minimum absolute atomic E-state index is 0.0730. The number of nitrogens with two attached hydrogens (primary N) is 1. The lowest BCUT2D eigenvalue weighted by atomic mass is 10.1. The van der Waals surface area contributed by atoms with E-state index in [4.69, 9.17) is 33.7 Å². The molecule has 2 N–H and O–H groups in total. The van der Waals surface area contributed by atoms with Crippen LogP contribution in [0.5, 0.6) is 5.75 Å². The van der Waals surface area contributed by atoms with E-state index in [0.717, 1.165) is 5.56 Å². The number of rotatable bonds is 4. The van der Waals surface area contributed by atoms with E-state index in [2.05, 4.69) is 0 Å². The van der Waals surface area contributed by atoms with Gasteiger partial charge in [0, 0.05) is 22.2 Å². The maximum atomic E-state index is 13.3. The van der Waals surface area contributed by atoms with Crippen LogP contribution in [0.2, 0.25) is 10.0 Å². The molecule has 0 aromatic heterocycles. The zero-order valence-corrected chi connectivity index (χ0v) is 12.4. The quantitative estimate of drug-likeness (QED) is 0.885. The third-order valence-electron chi connectivity index (χ3n) is 2.88. The Morgan fingerprint density at radius 2 is 2.00 bits per heavy atom. The molecule has 5 heteroatoms. The first kappa shape index (κ1) is 15.1. The van der Waals surface area contributed by atoms with Crippen LogP contribution in [-0.4, -0.2) is 0 Å². The highest BCUT2D eigenvalue weighted by atomic mass is 35.5. The van der Waals surface area contributed by atoms with Crippen LogP contribution in [0.15, 0.2) is 36.4 Å². The van der Waals surface area contributed by atoms with Gasteiger partial charge in [0.1, 0.15) is 18.2 Å². The summed E-state index contributed by atoms with van der Waals surface area (Å²) in [6.45, 7) is 2.01. The molecule has 0 fully saturated rings. The summed E-state index contributed by atoms with van der Waals surface area (Å²) >= 11 is 11.8. The minimum atomic E-state index is -0.462. The van der Waals surface area contributed by atoms with Gasteiger partial charge in [-0.25, -0.2) is 4.39 Å². The van der Waals surface area contributed by atoms with Crippen LogP contribution in [0.25, 0.3) is 0 Å². The van der Waals surface area contributed by atoms with Crippen molar-refractivity contribution < 1.29 is 9.13 Å². The molecule has 0 aliphatic heterocycles. The molecule has 2 aromatic carbocycles. The van der Waals surface area contributed by atoms with Gasteiger partial charge in [0.15, 0.2) is 0 Å². The maximum Gasteiger partial charge on any atom is 0.142 e. The molecule has 1 atom stereocenters. The Morgan fingerprint density at radius 1 is 1.25 bits per heavy atom. The molecule has 0 bridgehead atoms. The third kappa shape index (κ3) is 3.42. The standard InChI is InChI=1S/C15H14Cl2FNO/c1-9(19)12-7-11(16)5-6-14(12)20-8-10-3-2-4-13(18)15(10)17/h2-7,9H,8,19H2,1H3. The van der Waals surface area contributed by atoms with Crippen LogP contribution >= 0.6 is 23.2 Å². The molecule has 0 aliphatic carbocycles. The van der Waals surface area contributed by atoms with Crippen molar-refractivity contribution in [2.24, 2.45) is 5.73 Å². The fraction of sp³-hybridized carbons (Fsp3) is 0.200. The highest BCUT2D eigenvalue weighted by molar-refractivity contribution is 6.31. The lowest BCUT2D eigenvalue weighted by Gasteiger charge is -2.15. The van der Waals surface area contributed by atoms with Crippen LogP contribution in [0.1, 0.15) is 24.1 Å². The van der Waals surface area contributed by atoms with E-state index < -0.39 is 5.82 Å². The topological polar surface area (TPSA) is 35.2 Å². The summed E-state index contributed by atoms with van der Waals surface area (Å²) in [4.78, 5) is 0. The molecule has 2 rings (SSSR count). The highest BCUT2D eigenvalue weighted by Crippen LogP contribution is 2.29. The van der Waals surface area contributed by atoms with Gasteiger partial charge in [-0.15, -0.1) is 0 Å². The second-order valence-electron chi connectivity index (χ2n) is 4.47. The molecule has 20 heavy (non-hydrogen) atoms. The molecule has 0 aliphatic rings. The van der Waals surface area contributed by atoms with Gasteiger partial charge >= 0.3 is 0 Å². The summed E-state index contributed by atoms with van der Waals surface area (Å²) in [6.07, 6.45) is 0. The highest BCUT2D eigenvalue weighted by Gasteiger charge is 2.11. The molecule has 2 nitrogen and oxygen atoms in total. The van der Waals surface area contributed by atoms with Crippen LogP contribution in [0.4, 0.5) is 4.39 Å². The van der Waals surface area contributed by atoms with Gasteiger partial charge in [-0.2, -0.15) is 0 Å². The van der Waals surface area contributed by atoms with Crippen LogP contribution in [0.3, 0.4) is 0 Å². The van der Waals surface area contributed by atoms with Crippen LogP contribution in [0, 0.1) is 5.82 Å². The smallest absolute Gasteiger partial charge is 0.142 e. The average Bonchev–Trinajstić information content (AvgIpc) is 2.41. The van der Waals surface area contributed by atoms with E-state index in [1.165, 1.54) is 6.07 Å². The molecule has 2 aromatic rings. The molecule has 0 heterocycles. The third-order valence-corrected chi connectivity index (χ3v) is 3.54. The Morgan fingerprint density at radius 3 is 2.70 bits per heavy atom. The molecule has 1 unspecified atom stereocenters. The van der Waals surface area contributed by atoms with E-state index in [-0.39, 0.29) is 17.7 Å². The average molecular weight is 314 g/mol. The fourth-order valence-electron chi connectivity index (χ4n) is 1.82. The van der Waals surface area contributed by atoms with Crippen LogP contribution in [-0.2, 0) is 6.61 Å². The summed E-state index contributed by atoms with van der Waals surface area (Å²) in [6, 6.07) is 9.62. The van der Waals surface area contributed by atoms with Crippen molar-refractivity contribution in [1.29, 1.82) is 0 Å². The molecule has 106 valence electrons. The zero-order valence-electron chi connectivity index (χ0n) is 10.9. The Kier molecular flexibility index (Phi) is 4.86. The van der Waals surface area contributed by atoms with Crippen molar-refractivity contribution in [2.75, 3.05) is 0 Å².